The van der Waals surface area contributed by atoms with Gasteiger partial charge < -0.3 is 5.32 Å². The Morgan fingerprint density at radius 1 is 0.893 bits per heavy atom. The Morgan fingerprint density at radius 2 is 1.50 bits per heavy atom. The Balaban J connectivity index is 1.56. The minimum atomic E-state index is -3.63. The van der Waals surface area contributed by atoms with Gasteiger partial charge in [0.15, 0.2) is 0 Å². The second-order valence-electron chi connectivity index (χ2n) is 6.37. The van der Waals surface area contributed by atoms with Crippen LogP contribution in [-0.4, -0.2) is 26.4 Å². The third-order valence-electron chi connectivity index (χ3n) is 4.17. The van der Waals surface area contributed by atoms with Crippen molar-refractivity contribution in [3.63, 3.8) is 0 Å². The molecule has 28 heavy (non-hydrogen) atoms. The van der Waals surface area contributed by atoms with E-state index < -0.39 is 14.9 Å². The zero-order valence-electron chi connectivity index (χ0n) is 15.4. The van der Waals surface area contributed by atoms with Gasteiger partial charge in [0.1, 0.15) is 0 Å². The molecule has 0 unspecified atom stereocenters. The van der Waals surface area contributed by atoms with Gasteiger partial charge in [-0.05, 0) is 49.2 Å². The standard InChI is InChI=1S/C19H24BrN3O4S/c20-17-7-5-16(6-8-17)15-21-13-3-1-2-4-14-22-28(26,27)19-11-9-18(10-12-19)23(24)25/h5-12,21-22H,1-4,13-15H2. The monoisotopic (exact) mass is 469 g/mol. The number of halogens is 1. The molecule has 0 amide bonds. The van der Waals surface area contributed by atoms with Crippen molar-refractivity contribution in [1.82, 2.24) is 10.0 Å². The van der Waals surface area contributed by atoms with Crippen molar-refractivity contribution in [3.8, 4) is 0 Å². The second-order valence-corrected chi connectivity index (χ2v) is 9.05. The molecule has 152 valence electrons. The summed E-state index contributed by atoms with van der Waals surface area (Å²) in [5, 5.41) is 14.0. The predicted octanol–water partition coefficient (Wildman–Crippen LogP) is 3.99. The van der Waals surface area contributed by atoms with Gasteiger partial charge in [-0.1, -0.05) is 40.9 Å². The molecule has 0 aliphatic carbocycles. The fourth-order valence-electron chi connectivity index (χ4n) is 2.60. The molecule has 0 atom stereocenters. The molecule has 7 nitrogen and oxygen atoms in total. The first-order valence-electron chi connectivity index (χ1n) is 9.08. The number of unbranched alkanes of at least 4 members (excludes halogenated alkanes) is 3. The lowest BCUT2D eigenvalue weighted by atomic mass is 10.2. The van der Waals surface area contributed by atoms with Crippen molar-refractivity contribution in [2.24, 2.45) is 0 Å². The van der Waals surface area contributed by atoms with Crippen molar-refractivity contribution in [1.29, 1.82) is 0 Å². The molecule has 0 aromatic heterocycles. The number of hydrogen-bond donors (Lipinski definition) is 2. The number of nitrogens with zero attached hydrogens (tertiary/aromatic N) is 1. The van der Waals surface area contributed by atoms with E-state index in [1.54, 1.807) is 0 Å². The van der Waals surface area contributed by atoms with Gasteiger partial charge in [-0.2, -0.15) is 0 Å². The van der Waals surface area contributed by atoms with Gasteiger partial charge in [-0.3, -0.25) is 10.1 Å². The summed E-state index contributed by atoms with van der Waals surface area (Å²) in [4.78, 5) is 10.1. The normalized spacial score (nSPS) is 11.5. The van der Waals surface area contributed by atoms with Crippen LogP contribution in [0, 0.1) is 10.1 Å². The van der Waals surface area contributed by atoms with E-state index in [1.807, 2.05) is 12.1 Å². The minimum Gasteiger partial charge on any atom is -0.313 e. The summed E-state index contributed by atoms with van der Waals surface area (Å²) >= 11 is 3.41. The van der Waals surface area contributed by atoms with E-state index in [9.17, 15) is 18.5 Å². The van der Waals surface area contributed by atoms with Crippen LogP contribution in [0.25, 0.3) is 0 Å². The smallest absolute Gasteiger partial charge is 0.269 e. The maximum Gasteiger partial charge on any atom is 0.269 e. The molecule has 0 saturated carbocycles. The number of nitro groups is 1. The Bertz CT molecular complexity index is 856. The van der Waals surface area contributed by atoms with E-state index in [4.69, 9.17) is 0 Å². The van der Waals surface area contributed by atoms with Crippen LogP contribution < -0.4 is 10.0 Å². The minimum absolute atomic E-state index is 0.0373. The number of rotatable bonds is 12. The molecule has 2 aromatic carbocycles. The van der Waals surface area contributed by atoms with Gasteiger partial charge in [0, 0.05) is 29.7 Å². The van der Waals surface area contributed by atoms with Crippen LogP contribution in [0.1, 0.15) is 31.2 Å². The average molecular weight is 470 g/mol. The molecule has 0 radical (unpaired) electrons. The maximum absolute atomic E-state index is 12.1. The highest BCUT2D eigenvalue weighted by Crippen LogP contribution is 2.15. The van der Waals surface area contributed by atoms with Gasteiger partial charge in [0.2, 0.25) is 10.0 Å². The molecular formula is C19H24BrN3O4S. The van der Waals surface area contributed by atoms with Crippen molar-refractivity contribution < 1.29 is 13.3 Å². The lowest BCUT2D eigenvalue weighted by molar-refractivity contribution is -0.384. The summed E-state index contributed by atoms with van der Waals surface area (Å²) < 4.78 is 27.9. The average Bonchev–Trinajstić information content (AvgIpc) is 2.68. The second kappa shape index (κ2) is 11.3. The zero-order chi connectivity index (χ0) is 20.4. The summed E-state index contributed by atoms with van der Waals surface area (Å²) in [5.41, 5.74) is 1.11. The quantitative estimate of drug-likeness (QED) is 0.278. The van der Waals surface area contributed by atoms with Crippen LogP contribution in [0.2, 0.25) is 0 Å². The Morgan fingerprint density at radius 3 is 2.11 bits per heavy atom. The number of non-ortho nitro benzene ring substituents is 1. The van der Waals surface area contributed by atoms with Crippen LogP contribution in [0.3, 0.4) is 0 Å². The van der Waals surface area contributed by atoms with E-state index in [-0.39, 0.29) is 10.6 Å². The third-order valence-corrected chi connectivity index (χ3v) is 6.18. The van der Waals surface area contributed by atoms with Crippen molar-refractivity contribution in [2.75, 3.05) is 13.1 Å². The summed E-state index contributed by atoms with van der Waals surface area (Å²) in [5.74, 6) is 0. The van der Waals surface area contributed by atoms with Crippen molar-refractivity contribution in [3.05, 3.63) is 68.7 Å². The SMILES string of the molecule is O=[N+]([O-])c1ccc(S(=O)(=O)NCCCCCCNCc2ccc(Br)cc2)cc1. The molecular weight excluding hydrogens is 446 g/mol. The molecule has 0 fully saturated rings. The number of nitrogens with one attached hydrogen (secondary N) is 2. The molecule has 2 N–H and O–H groups in total. The van der Waals surface area contributed by atoms with E-state index >= 15 is 0 Å². The fourth-order valence-corrected chi connectivity index (χ4v) is 3.94. The Kier molecular flexibility index (Phi) is 9.04. The molecule has 2 aromatic rings. The molecule has 2 rings (SSSR count). The highest BCUT2D eigenvalue weighted by Gasteiger charge is 2.14. The van der Waals surface area contributed by atoms with Gasteiger partial charge in [0.25, 0.3) is 5.69 Å². The first-order valence-corrected chi connectivity index (χ1v) is 11.4. The first kappa shape index (κ1) is 22.5. The van der Waals surface area contributed by atoms with Crippen LogP contribution in [0.15, 0.2) is 57.9 Å². The van der Waals surface area contributed by atoms with Gasteiger partial charge in [-0.15, -0.1) is 0 Å². The van der Waals surface area contributed by atoms with Crippen LogP contribution in [0.4, 0.5) is 5.69 Å². The molecule has 0 spiro atoms. The lowest BCUT2D eigenvalue weighted by Crippen LogP contribution is -2.24. The molecule has 0 aliphatic rings. The maximum atomic E-state index is 12.1. The number of hydrogen-bond acceptors (Lipinski definition) is 5. The topological polar surface area (TPSA) is 101 Å². The third kappa shape index (κ3) is 7.67. The molecule has 0 bridgehead atoms. The van der Waals surface area contributed by atoms with E-state index in [0.29, 0.717) is 6.54 Å². The van der Waals surface area contributed by atoms with E-state index in [0.717, 1.165) is 43.2 Å². The highest BCUT2D eigenvalue weighted by molar-refractivity contribution is 9.10. The summed E-state index contributed by atoms with van der Waals surface area (Å²) in [6, 6.07) is 13.1. The number of nitro benzene ring substituents is 1. The number of benzene rings is 2. The summed E-state index contributed by atoms with van der Waals surface area (Å²) in [7, 11) is -3.63. The number of sulfonamides is 1. The first-order chi connectivity index (χ1) is 13.4. The van der Waals surface area contributed by atoms with Crippen LogP contribution in [0.5, 0.6) is 0 Å². The predicted molar refractivity (Wildman–Crippen MR) is 113 cm³/mol. The Labute approximate surface area is 173 Å². The van der Waals surface area contributed by atoms with Crippen molar-refractivity contribution in [2.45, 2.75) is 37.1 Å². The zero-order valence-corrected chi connectivity index (χ0v) is 17.8. The lowest BCUT2D eigenvalue weighted by Gasteiger charge is -2.07. The molecule has 0 saturated heterocycles. The van der Waals surface area contributed by atoms with Crippen LogP contribution >= 0.6 is 15.9 Å². The summed E-state index contributed by atoms with van der Waals surface area (Å²) in [6.07, 6.45) is 3.74. The van der Waals surface area contributed by atoms with Gasteiger partial charge >= 0.3 is 0 Å². The Hall–Kier alpha value is -1.81. The van der Waals surface area contributed by atoms with Gasteiger partial charge in [0.05, 0.1) is 9.82 Å². The van der Waals surface area contributed by atoms with Gasteiger partial charge in [-0.25, -0.2) is 13.1 Å². The van der Waals surface area contributed by atoms with E-state index in [1.165, 1.54) is 29.8 Å². The van der Waals surface area contributed by atoms with Crippen molar-refractivity contribution >= 4 is 31.6 Å². The molecule has 0 heterocycles. The largest absolute Gasteiger partial charge is 0.313 e. The molecule has 0 aliphatic heterocycles. The highest BCUT2D eigenvalue weighted by atomic mass is 79.9. The molecule has 9 heteroatoms. The van der Waals surface area contributed by atoms with Crippen LogP contribution in [-0.2, 0) is 16.6 Å². The summed E-state index contributed by atoms with van der Waals surface area (Å²) in [6.45, 7) is 2.11. The van der Waals surface area contributed by atoms with E-state index in [2.05, 4.69) is 38.1 Å². The fraction of sp³-hybridized carbons (Fsp3) is 0.368.